The second kappa shape index (κ2) is 6.05. The van der Waals surface area contributed by atoms with E-state index in [1.165, 1.54) is 5.56 Å². The molecule has 1 aliphatic heterocycles. The van der Waals surface area contributed by atoms with Crippen LogP contribution in [-0.4, -0.2) is 36.6 Å². The van der Waals surface area contributed by atoms with Crippen molar-refractivity contribution in [2.75, 3.05) is 20.8 Å². The maximum atomic E-state index is 12.6. The second-order valence-corrected chi connectivity index (χ2v) is 5.19. The monoisotopic (exact) mass is 298 g/mol. The average molecular weight is 298 g/mol. The minimum absolute atomic E-state index is 0.00313. The summed E-state index contributed by atoms with van der Waals surface area (Å²) in [6, 6.07) is 7.44. The first-order valence-electron chi connectivity index (χ1n) is 7.16. The number of carbonyl (C=O) groups is 1. The molecule has 1 aliphatic rings. The fourth-order valence-electron chi connectivity index (χ4n) is 2.75. The molecule has 2 aromatic rings. The third-order valence-corrected chi connectivity index (χ3v) is 3.93. The number of amides is 1. The average Bonchev–Trinajstić information content (AvgIpc) is 2.60. The maximum Gasteiger partial charge on any atom is 0.255 e. The molecule has 0 bridgehead atoms. The molecule has 0 N–H and O–H groups in total. The number of pyridine rings is 1. The number of aromatic nitrogens is 1. The van der Waals surface area contributed by atoms with E-state index in [4.69, 9.17) is 9.47 Å². The van der Waals surface area contributed by atoms with Gasteiger partial charge in [-0.05, 0) is 30.2 Å². The van der Waals surface area contributed by atoms with E-state index in [9.17, 15) is 4.79 Å². The standard InChI is InChI=1S/C17H18N2O3/c1-21-14-8-12-5-7-19(11-15(12)16(9-14)22-2)17(20)13-4-3-6-18-10-13/h3-4,6,8-10H,5,7,11H2,1-2H3. The number of fused-ring (bicyclic) bond motifs is 1. The predicted molar refractivity (Wildman–Crippen MR) is 82.2 cm³/mol. The first-order chi connectivity index (χ1) is 10.7. The van der Waals surface area contributed by atoms with Gasteiger partial charge in [0, 0.05) is 37.1 Å². The first kappa shape index (κ1) is 14.4. The van der Waals surface area contributed by atoms with Crippen LogP contribution in [0.4, 0.5) is 0 Å². The smallest absolute Gasteiger partial charge is 0.255 e. The SMILES string of the molecule is COc1cc2c(c(OC)c1)CN(C(=O)c1cccnc1)CC2. The zero-order valence-electron chi connectivity index (χ0n) is 12.7. The van der Waals surface area contributed by atoms with Gasteiger partial charge in [-0.3, -0.25) is 9.78 Å². The molecule has 0 saturated heterocycles. The van der Waals surface area contributed by atoms with Gasteiger partial charge in [0.25, 0.3) is 5.91 Å². The molecule has 0 atom stereocenters. The molecule has 0 saturated carbocycles. The van der Waals surface area contributed by atoms with Crippen molar-refractivity contribution in [3.05, 3.63) is 53.3 Å². The molecule has 0 spiro atoms. The van der Waals surface area contributed by atoms with E-state index >= 15 is 0 Å². The molecule has 22 heavy (non-hydrogen) atoms. The van der Waals surface area contributed by atoms with Crippen LogP contribution in [-0.2, 0) is 13.0 Å². The van der Waals surface area contributed by atoms with Crippen molar-refractivity contribution in [1.29, 1.82) is 0 Å². The molecule has 3 rings (SSSR count). The number of rotatable bonds is 3. The molecule has 5 heteroatoms. The highest BCUT2D eigenvalue weighted by atomic mass is 16.5. The fraction of sp³-hybridized carbons (Fsp3) is 0.294. The first-order valence-corrected chi connectivity index (χ1v) is 7.16. The normalized spacial score (nSPS) is 13.5. The Labute approximate surface area is 129 Å². The maximum absolute atomic E-state index is 12.6. The van der Waals surface area contributed by atoms with Gasteiger partial charge < -0.3 is 14.4 Å². The highest BCUT2D eigenvalue weighted by molar-refractivity contribution is 5.94. The summed E-state index contributed by atoms with van der Waals surface area (Å²) in [6.07, 6.45) is 4.05. The van der Waals surface area contributed by atoms with Crippen LogP contribution >= 0.6 is 0 Å². The minimum Gasteiger partial charge on any atom is -0.497 e. The van der Waals surface area contributed by atoms with Crippen LogP contribution < -0.4 is 9.47 Å². The lowest BCUT2D eigenvalue weighted by molar-refractivity contribution is 0.0732. The predicted octanol–water partition coefficient (Wildman–Crippen LogP) is 2.30. The summed E-state index contributed by atoms with van der Waals surface area (Å²) < 4.78 is 10.8. The summed E-state index contributed by atoms with van der Waals surface area (Å²) in [5.41, 5.74) is 2.83. The summed E-state index contributed by atoms with van der Waals surface area (Å²) in [5, 5.41) is 0. The van der Waals surface area contributed by atoms with Crippen LogP contribution in [0.15, 0.2) is 36.7 Å². The summed E-state index contributed by atoms with van der Waals surface area (Å²) in [5.74, 6) is 1.54. The van der Waals surface area contributed by atoms with Crippen molar-refractivity contribution in [3.63, 3.8) is 0 Å². The van der Waals surface area contributed by atoms with E-state index in [2.05, 4.69) is 4.98 Å². The lowest BCUT2D eigenvalue weighted by Gasteiger charge is -2.30. The van der Waals surface area contributed by atoms with E-state index in [1.54, 1.807) is 38.7 Å². The highest BCUT2D eigenvalue weighted by Crippen LogP contribution is 2.33. The van der Waals surface area contributed by atoms with E-state index in [0.717, 1.165) is 23.5 Å². The van der Waals surface area contributed by atoms with Gasteiger partial charge in [-0.2, -0.15) is 0 Å². The highest BCUT2D eigenvalue weighted by Gasteiger charge is 2.25. The van der Waals surface area contributed by atoms with Gasteiger partial charge in [0.1, 0.15) is 11.5 Å². The molecule has 0 aliphatic carbocycles. The van der Waals surface area contributed by atoms with Gasteiger partial charge >= 0.3 is 0 Å². The van der Waals surface area contributed by atoms with Crippen LogP contribution in [0, 0.1) is 0 Å². The Morgan fingerprint density at radius 2 is 2.14 bits per heavy atom. The number of benzene rings is 1. The van der Waals surface area contributed by atoms with E-state index in [0.29, 0.717) is 18.7 Å². The van der Waals surface area contributed by atoms with Gasteiger partial charge in [-0.25, -0.2) is 0 Å². The van der Waals surface area contributed by atoms with Gasteiger partial charge in [-0.15, -0.1) is 0 Å². The quantitative estimate of drug-likeness (QED) is 0.872. The van der Waals surface area contributed by atoms with Crippen LogP contribution in [0.1, 0.15) is 21.5 Å². The van der Waals surface area contributed by atoms with Crippen molar-refractivity contribution in [2.45, 2.75) is 13.0 Å². The molecule has 1 amide bonds. The number of hydrogen-bond donors (Lipinski definition) is 0. The molecule has 0 radical (unpaired) electrons. The van der Waals surface area contributed by atoms with Crippen molar-refractivity contribution < 1.29 is 14.3 Å². The Morgan fingerprint density at radius 1 is 1.27 bits per heavy atom. The lowest BCUT2D eigenvalue weighted by Crippen LogP contribution is -2.36. The largest absolute Gasteiger partial charge is 0.497 e. The molecular formula is C17H18N2O3. The molecule has 2 heterocycles. The van der Waals surface area contributed by atoms with Crippen molar-refractivity contribution in [3.8, 4) is 11.5 Å². The number of carbonyl (C=O) groups excluding carboxylic acids is 1. The van der Waals surface area contributed by atoms with Crippen LogP contribution in [0.25, 0.3) is 0 Å². The van der Waals surface area contributed by atoms with Crippen molar-refractivity contribution in [2.24, 2.45) is 0 Å². The van der Waals surface area contributed by atoms with Gasteiger partial charge in [0.15, 0.2) is 0 Å². The minimum atomic E-state index is -0.00313. The Kier molecular flexibility index (Phi) is 3.96. The van der Waals surface area contributed by atoms with Crippen molar-refractivity contribution in [1.82, 2.24) is 9.88 Å². The Morgan fingerprint density at radius 3 is 2.82 bits per heavy atom. The van der Waals surface area contributed by atoms with Crippen LogP contribution in [0.3, 0.4) is 0 Å². The Bertz CT molecular complexity index is 669. The van der Waals surface area contributed by atoms with Crippen LogP contribution in [0.2, 0.25) is 0 Å². The molecule has 0 unspecified atom stereocenters. The van der Waals surface area contributed by atoms with Gasteiger partial charge in [0.05, 0.1) is 19.8 Å². The molecule has 114 valence electrons. The Hall–Kier alpha value is -2.56. The number of nitrogens with zero attached hydrogens (tertiary/aromatic N) is 2. The molecule has 1 aromatic heterocycles. The number of hydrogen-bond acceptors (Lipinski definition) is 4. The lowest BCUT2D eigenvalue weighted by atomic mass is 9.97. The number of ether oxygens (including phenoxy) is 2. The molecular weight excluding hydrogens is 280 g/mol. The third kappa shape index (κ3) is 2.62. The topological polar surface area (TPSA) is 51.7 Å². The number of methoxy groups -OCH3 is 2. The van der Waals surface area contributed by atoms with E-state index in [1.807, 2.05) is 17.0 Å². The zero-order chi connectivity index (χ0) is 15.5. The van der Waals surface area contributed by atoms with E-state index in [-0.39, 0.29) is 5.91 Å². The summed E-state index contributed by atoms with van der Waals surface area (Å²) in [4.78, 5) is 18.4. The van der Waals surface area contributed by atoms with E-state index < -0.39 is 0 Å². The second-order valence-electron chi connectivity index (χ2n) is 5.19. The van der Waals surface area contributed by atoms with Crippen molar-refractivity contribution >= 4 is 5.91 Å². The third-order valence-electron chi connectivity index (χ3n) is 3.93. The van der Waals surface area contributed by atoms with Gasteiger partial charge in [-0.1, -0.05) is 0 Å². The summed E-state index contributed by atoms with van der Waals surface area (Å²) in [7, 11) is 3.28. The summed E-state index contributed by atoms with van der Waals surface area (Å²) in [6.45, 7) is 1.22. The molecule has 5 nitrogen and oxygen atoms in total. The zero-order valence-corrected chi connectivity index (χ0v) is 12.7. The molecule has 1 aromatic carbocycles. The van der Waals surface area contributed by atoms with Gasteiger partial charge in [0.2, 0.25) is 0 Å². The summed E-state index contributed by atoms with van der Waals surface area (Å²) >= 11 is 0. The fourth-order valence-corrected chi connectivity index (χ4v) is 2.75. The molecule has 0 fully saturated rings. The Balaban J connectivity index is 1.89. The van der Waals surface area contributed by atoms with Crippen LogP contribution in [0.5, 0.6) is 11.5 Å².